The van der Waals surface area contributed by atoms with Crippen LogP contribution in [0.15, 0.2) is 29.2 Å². The highest BCUT2D eigenvalue weighted by atomic mass is 32.2. The first-order chi connectivity index (χ1) is 7.75. The van der Waals surface area contributed by atoms with E-state index in [9.17, 15) is 0 Å². The van der Waals surface area contributed by atoms with Gasteiger partial charge in [0.2, 0.25) is 4.77 Å². The van der Waals surface area contributed by atoms with Crippen LogP contribution in [-0.2, 0) is 7.05 Å². The second kappa shape index (κ2) is 3.75. The minimum Gasteiger partial charge on any atom is -0.283 e. The summed E-state index contributed by atoms with van der Waals surface area (Å²) >= 11 is 7.00. The van der Waals surface area contributed by atoms with Gasteiger partial charge in [-0.3, -0.25) is 9.78 Å². The third-order valence-corrected chi connectivity index (χ3v) is 4.36. The Morgan fingerprint density at radius 2 is 2.31 bits per heavy atom. The summed E-state index contributed by atoms with van der Waals surface area (Å²) in [6.45, 7) is 0. The molecule has 3 rings (SSSR count). The highest BCUT2D eigenvalue weighted by Crippen LogP contribution is 2.41. The van der Waals surface area contributed by atoms with Crippen molar-refractivity contribution in [2.45, 2.75) is 10.8 Å². The van der Waals surface area contributed by atoms with Crippen molar-refractivity contribution in [1.29, 1.82) is 0 Å². The van der Waals surface area contributed by atoms with Crippen LogP contribution in [0.3, 0.4) is 0 Å². The predicted molar refractivity (Wildman–Crippen MR) is 67.4 cm³/mol. The number of H-pyrrole nitrogens is 1. The first-order valence-electron chi connectivity index (χ1n) is 5.10. The number of aryl methyl sites for hydroxylation is 1. The minimum absolute atomic E-state index is 0.351. The molecule has 1 N–H and O–H groups in total. The molecule has 0 saturated carbocycles. The van der Waals surface area contributed by atoms with E-state index in [0.29, 0.717) is 10.7 Å². The molecular formula is C11H11N3S2. The fourth-order valence-electron chi connectivity index (χ4n) is 1.97. The van der Waals surface area contributed by atoms with Crippen LogP contribution in [0.1, 0.15) is 17.3 Å². The largest absolute Gasteiger partial charge is 0.283 e. The number of rotatable bonds is 1. The van der Waals surface area contributed by atoms with Gasteiger partial charge in [0.15, 0.2) is 0 Å². The van der Waals surface area contributed by atoms with Crippen LogP contribution in [0.4, 0.5) is 0 Å². The molecule has 1 aromatic carbocycles. The van der Waals surface area contributed by atoms with Crippen LogP contribution in [0.25, 0.3) is 0 Å². The molecule has 0 spiro atoms. The normalized spacial score (nSPS) is 18.7. The SMILES string of the molecule is Cn1[nH]c(C2CSc3ccccc32)nc1=S. The second-order valence-corrected chi connectivity index (χ2v) is 5.28. The molecule has 0 aliphatic carbocycles. The number of nitrogens with one attached hydrogen (secondary N) is 1. The Morgan fingerprint density at radius 3 is 3.06 bits per heavy atom. The lowest BCUT2D eigenvalue weighted by Crippen LogP contribution is -2.02. The lowest BCUT2D eigenvalue weighted by molar-refractivity contribution is 0.721. The lowest BCUT2D eigenvalue weighted by atomic mass is 10.0. The average Bonchev–Trinajstić information content (AvgIpc) is 2.83. The van der Waals surface area contributed by atoms with Crippen LogP contribution in [0.5, 0.6) is 0 Å². The van der Waals surface area contributed by atoms with Crippen molar-refractivity contribution in [1.82, 2.24) is 14.8 Å². The molecule has 0 radical (unpaired) electrons. The molecule has 1 atom stereocenters. The van der Waals surface area contributed by atoms with Crippen LogP contribution in [0.2, 0.25) is 0 Å². The molecule has 3 nitrogen and oxygen atoms in total. The zero-order valence-electron chi connectivity index (χ0n) is 8.80. The number of fused-ring (bicyclic) bond motifs is 1. The van der Waals surface area contributed by atoms with Crippen LogP contribution >= 0.6 is 24.0 Å². The Bertz CT molecular complexity index is 585. The predicted octanol–water partition coefficient (Wildman–Crippen LogP) is 2.72. The molecule has 2 aromatic rings. The van der Waals surface area contributed by atoms with Crippen LogP contribution < -0.4 is 0 Å². The van der Waals surface area contributed by atoms with Crippen molar-refractivity contribution in [3.05, 3.63) is 40.4 Å². The quantitative estimate of drug-likeness (QED) is 0.789. The van der Waals surface area contributed by atoms with E-state index >= 15 is 0 Å². The fraction of sp³-hybridized carbons (Fsp3) is 0.273. The van der Waals surface area contributed by atoms with Crippen molar-refractivity contribution in [3.63, 3.8) is 0 Å². The molecule has 5 heteroatoms. The zero-order chi connectivity index (χ0) is 11.1. The van der Waals surface area contributed by atoms with E-state index in [2.05, 4.69) is 34.3 Å². The molecule has 16 heavy (non-hydrogen) atoms. The van der Waals surface area contributed by atoms with E-state index in [1.807, 2.05) is 18.8 Å². The highest BCUT2D eigenvalue weighted by molar-refractivity contribution is 7.99. The van der Waals surface area contributed by atoms with Crippen molar-refractivity contribution in [2.75, 3.05) is 5.75 Å². The van der Waals surface area contributed by atoms with Gasteiger partial charge in [-0.2, -0.15) is 0 Å². The highest BCUT2D eigenvalue weighted by Gasteiger charge is 2.26. The molecule has 0 amide bonds. The monoisotopic (exact) mass is 249 g/mol. The Kier molecular flexibility index (Phi) is 2.37. The molecule has 0 bridgehead atoms. The maximum absolute atomic E-state index is 5.12. The first kappa shape index (κ1) is 10.1. The number of aromatic amines is 1. The summed E-state index contributed by atoms with van der Waals surface area (Å²) in [5.41, 5.74) is 1.36. The molecule has 0 saturated heterocycles. The van der Waals surface area contributed by atoms with Crippen LogP contribution in [-0.4, -0.2) is 20.5 Å². The summed E-state index contributed by atoms with van der Waals surface area (Å²) in [4.78, 5) is 5.76. The Balaban J connectivity index is 2.07. The lowest BCUT2D eigenvalue weighted by Gasteiger charge is -2.06. The van der Waals surface area contributed by atoms with Gasteiger partial charge in [0.05, 0.1) is 5.92 Å². The average molecular weight is 249 g/mol. The van der Waals surface area contributed by atoms with E-state index < -0.39 is 0 Å². The summed E-state index contributed by atoms with van der Waals surface area (Å²) in [7, 11) is 1.90. The third kappa shape index (κ3) is 1.51. The van der Waals surface area contributed by atoms with Crippen molar-refractivity contribution >= 4 is 24.0 Å². The number of aromatic nitrogens is 3. The van der Waals surface area contributed by atoms with E-state index in [1.54, 1.807) is 4.68 Å². The summed E-state index contributed by atoms with van der Waals surface area (Å²) < 4.78 is 2.40. The first-order valence-corrected chi connectivity index (χ1v) is 6.50. The smallest absolute Gasteiger partial charge is 0.215 e. The van der Waals surface area contributed by atoms with Gasteiger partial charge >= 0.3 is 0 Å². The van der Waals surface area contributed by atoms with Gasteiger partial charge in [-0.1, -0.05) is 18.2 Å². The summed E-state index contributed by atoms with van der Waals surface area (Å²) in [6.07, 6.45) is 0. The maximum atomic E-state index is 5.12. The minimum atomic E-state index is 0.351. The molecule has 2 heterocycles. The number of hydrogen-bond acceptors (Lipinski definition) is 3. The summed E-state index contributed by atoms with van der Waals surface area (Å²) in [5, 5.41) is 3.22. The molecule has 1 aliphatic heterocycles. The maximum Gasteiger partial charge on any atom is 0.215 e. The summed E-state index contributed by atoms with van der Waals surface area (Å²) in [6, 6.07) is 8.49. The Labute approximate surface area is 103 Å². The number of nitrogens with zero attached hydrogens (tertiary/aromatic N) is 2. The fourth-order valence-corrected chi connectivity index (χ4v) is 3.35. The molecule has 82 valence electrons. The molecular weight excluding hydrogens is 238 g/mol. The number of hydrogen-bond donors (Lipinski definition) is 1. The molecule has 1 unspecified atom stereocenters. The topological polar surface area (TPSA) is 33.6 Å². The standard InChI is InChI=1S/C11H11N3S2/c1-14-11(15)12-10(13-14)8-6-16-9-5-3-2-4-7(8)9/h2-5,8H,6H2,1H3,(H,12,13,15). The van der Waals surface area contributed by atoms with Crippen molar-refractivity contribution < 1.29 is 0 Å². The van der Waals surface area contributed by atoms with Gasteiger partial charge in [-0.25, -0.2) is 4.98 Å². The van der Waals surface area contributed by atoms with Gasteiger partial charge in [-0.05, 0) is 23.8 Å². The van der Waals surface area contributed by atoms with E-state index in [1.165, 1.54) is 10.5 Å². The molecule has 0 fully saturated rings. The van der Waals surface area contributed by atoms with Gasteiger partial charge < -0.3 is 0 Å². The molecule has 1 aliphatic rings. The zero-order valence-corrected chi connectivity index (χ0v) is 10.4. The van der Waals surface area contributed by atoms with E-state index in [0.717, 1.165) is 11.6 Å². The van der Waals surface area contributed by atoms with E-state index in [-0.39, 0.29) is 0 Å². The van der Waals surface area contributed by atoms with Gasteiger partial charge in [0.25, 0.3) is 0 Å². The van der Waals surface area contributed by atoms with Crippen molar-refractivity contribution in [2.24, 2.45) is 7.05 Å². The van der Waals surface area contributed by atoms with E-state index in [4.69, 9.17) is 12.2 Å². The van der Waals surface area contributed by atoms with Gasteiger partial charge in [0.1, 0.15) is 5.82 Å². The van der Waals surface area contributed by atoms with Gasteiger partial charge in [-0.15, -0.1) is 11.8 Å². The second-order valence-electron chi connectivity index (χ2n) is 3.85. The Hall–Kier alpha value is -1.07. The Morgan fingerprint density at radius 1 is 1.50 bits per heavy atom. The number of benzene rings is 1. The van der Waals surface area contributed by atoms with Gasteiger partial charge in [0, 0.05) is 17.7 Å². The third-order valence-electron chi connectivity index (χ3n) is 2.82. The molecule has 1 aromatic heterocycles. The van der Waals surface area contributed by atoms with Crippen molar-refractivity contribution in [3.8, 4) is 0 Å². The van der Waals surface area contributed by atoms with Crippen LogP contribution in [0, 0.1) is 4.77 Å². The summed E-state index contributed by atoms with van der Waals surface area (Å²) in [5.74, 6) is 2.37. The number of thioether (sulfide) groups is 1.